The van der Waals surface area contributed by atoms with E-state index in [4.69, 9.17) is 5.73 Å². The number of benzene rings is 1. The molecule has 0 aromatic heterocycles. The van der Waals surface area contributed by atoms with E-state index in [0.717, 1.165) is 5.56 Å². The van der Waals surface area contributed by atoms with Crippen molar-refractivity contribution in [2.45, 2.75) is 39.2 Å². The second-order valence-corrected chi connectivity index (χ2v) is 4.57. The Kier molecular flexibility index (Phi) is 3.45. The smallest absolute Gasteiger partial charge is 0.162 e. The molecule has 84 valence electrons. The molecule has 0 fully saturated rings. The molecule has 0 aliphatic rings. The summed E-state index contributed by atoms with van der Waals surface area (Å²) >= 11 is 0. The quantitative estimate of drug-likeness (QED) is 0.821. The summed E-state index contributed by atoms with van der Waals surface area (Å²) in [6, 6.07) is 2.93. The summed E-state index contributed by atoms with van der Waals surface area (Å²) in [6.45, 7) is 5.50. The van der Waals surface area contributed by atoms with Crippen molar-refractivity contribution < 1.29 is 8.78 Å². The zero-order chi connectivity index (χ0) is 11.6. The van der Waals surface area contributed by atoms with Gasteiger partial charge in [0.2, 0.25) is 0 Å². The second-order valence-electron chi connectivity index (χ2n) is 4.57. The van der Waals surface area contributed by atoms with Gasteiger partial charge in [0.15, 0.2) is 11.6 Å². The maximum atomic E-state index is 13.4. The lowest BCUT2D eigenvalue weighted by Crippen LogP contribution is -2.34. The summed E-state index contributed by atoms with van der Waals surface area (Å²) in [5, 5.41) is 0. The molecular weight excluding hydrogens is 196 g/mol. The van der Waals surface area contributed by atoms with Crippen LogP contribution in [0, 0.1) is 11.6 Å². The molecule has 0 saturated carbocycles. The summed E-state index contributed by atoms with van der Waals surface area (Å²) in [7, 11) is 0. The standard InChI is InChI=1S/C12H17F2N/c1-4-8-5-9(7-12(2,3)15)11(14)10(13)6-8/h5-6H,4,7,15H2,1-3H3. The van der Waals surface area contributed by atoms with E-state index in [0.29, 0.717) is 18.4 Å². The number of hydrogen-bond donors (Lipinski definition) is 1. The van der Waals surface area contributed by atoms with Gasteiger partial charge in [-0.25, -0.2) is 8.78 Å². The minimum Gasteiger partial charge on any atom is -0.325 e. The van der Waals surface area contributed by atoms with Gasteiger partial charge in [0, 0.05) is 5.54 Å². The molecule has 15 heavy (non-hydrogen) atoms. The highest BCUT2D eigenvalue weighted by Crippen LogP contribution is 2.19. The predicted molar refractivity (Wildman–Crippen MR) is 57.7 cm³/mol. The first-order valence-corrected chi connectivity index (χ1v) is 5.09. The van der Waals surface area contributed by atoms with Crippen molar-refractivity contribution in [2.24, 2.45) is 5.73 Å². The number of nitrogens with two attached hydrogens (primary N) is 1. The topological polar surface area (TPSA) is 26.0 Å². The number of rotatable bonds is 3. The molecule has 0 saturated heterocycles. The molecule has 0 atom stereocenters. The second kappa shape index (κ2) is 4.27. The molecule has 0 spiro atoms. The molecule has 0 unspecified atom stereocenters. The first-order valence-electron chi connectivity index (χ1n) is 5.09. The van der Waals surface area contributed by atoms with Crippen LogP contribution in [0.4, 0.5) is 8.78 Å². The van der Waals surface area contributed by atoms with E-state index in [1.165, 1.54) is 6.07 Å². The predicted octanol–water partition coefficient (Wildman–Crippen LogP) is 2.81. The molecule has 1 aromatic carbocycles. The van der Waals surface area contributed by atoms with Crippen LogP contribution in [0.25, 0.3) is 0 Å². The summed E-state index contributed by atoms with van der Waals surface area (Å²) in [5.74, 6) is -1.56. The van der Waals surface area contributed by atoms with Crippen molar-refractivity contribution in [1.82, 2.24) is 0 Å². The van der Waals surface area contributed by atoms with E-state index < -0.39 is 17.2 Å². The van der Waals surface area contributed by atoms with Gasteiger partial charge in [-0.05, 0) is 43.9 Å². The van der Waals surface area contributed by atoms with Crippen molar-refractivity contribution in [1.29, 1.82) is 0 Å². The first kappa shape index (κ1) is 12.1. The summed E-state index contributed by atoms with van der Waals surface area (Å²) in [6.07, 6.45) is 1.03. The molecule has 0 amide bonds. The lowest BCUT2D eigenvalue weighted by atomic mass is 9.94. The minimum atomic E-state index is -0.784. The highest BCUT2D eigenvalue weighted by molar-refractivity contribution is 5.27. The third-order valence-corrected chi connectivity index (χ3v) is 2.22. The van der Waals surface area contributed by atoms with E-state index in [1.807, 2.05) is 6.92 Å². The van der Waals surface area contributed by atoms with E-state index in [-0.39, 0.29) is 0 Å². The molecule has 3 heteroatoms. The molecule has 1 nitrogen and oxygen atoms in total. The van der Waals surface area contributed by atoms with E-state index >= 15 is 0 Å². The Balaban J connectivity index is 3.11. The fourth-order valence-electron chi connectivity index (χ4n) is 1.53. The van der Waals surface area contributed by atoms with Crippen LogP contribution in [0.15, 0.2) is 12.1 Å². The lowest BCUT2D eigenvalue weighted by molar-refractivity contribution is 0.465. The van der Waals surface area contributed by atoms with Gasteiger partial charge in [-0.3, -0.25) is 0 Å². The van der Waals surface area contributed by atoms with Gasteiger partial charge in [0.1, 0.15) is 0 Å². The number of hydrogen-bond acceptors (Lipinski definition) is 1. The Morgan fingerprint density at radius 2 is 1.87 bits per heavy atom. The minimum absolute atomic E-state index is 0.337. The summed E-state index contributed by atoms with van der Waals surface area (Å²) in [4.78, 5) is 0. The zero-order valence-electron chi connectivity index (χ0n) is 9.40. The third kappa shape index (κ3) is 3.27. The van der Waals surface area contributed by atoms with Gasteiger partial charge in [-0.2, -0.15) is 0 Å². The van der Waals surface area contributed by atoms with Gasteiger partial charge >= 0.3 is 0 Å². The molecule has 0 radical (unpaired) electrons. The third-order valence-electron chi connectivity index (χ3n) is 2.22. The van der Waals surface area contributed by atoms with Crippen LogP contribution in [-0.2, 0) is 12.8 Å². The van der Waals surface area contributed by atoms with Gasteiger partial charge in [-0.15, -0.1) is 0 Å². The molecule has 0 bridgehead atoms. The van der Waals surface area contributed by atoms with Crippen LogP contribution in [0.1, 0.15) is 31.9 Å². The van der Waals surface area contributed by atoms with Gasteiger partial charge in [0.05, 0.1) is 0 Å². The molecule has 0 aliphatic carbocycles. The van der Waals surface area contributed by atoms with E-state index in [9.17, 15) is 8.78 Å². The first-order chi connectivity index (χ1) is 6.83. The molecular formula is C12H17F2N. The largest absolute Gasteiger partial charge is 0.325 e. The van der Waals surface area contributed by atoms with Crippen molar-refractivity contribution >= 4 is 0 Å². The Hall–Kier alpha value is -0.960. The highest BCUT2D eigenvalue weighted by atomic mass is 19.2. The van der Waals surface area contributed by atoms with Crippen molar-refractivity contribution in [3.8, 4) is 0 Å². The lowest BCUT2D eigenvalue weighted by Gasteiger charge is -2.19. The summed E-state index contributed by atoms with van der Waals surface area (Å²) in [5.41, 5.74) is 6.42. The van der Waals surface area contributed by atoms with Crippen LogP contribution >= 0.6 is 0 Å². The van der Waals surface area contributed by atoms with Gasteiger partial charge < -0.3 is 5.73 Å². The van der Waals surface area contributed by atoms with Crippen LogP contribution in [0.5, 0.6) is 0 Å². The SMILES string of the molecule is CCc1cc(F)c(F)c(CC(C)(C)N)c1. The molecule has 0 aliphatic heterocycles. The van der Waals surface area contributed by atoms with E-state index in [1.54, 1.807) is 19.9 Å². The Bertz CT molecular complexity index is 353. The molecule has 1 rings (SSSR count). The van der Waals surface area contributed by atoms with Gasteiger partial charge in [0.25, 0.3) is 0 Å². The highest BCUT2D eigenvalue weighted by Gasteiger charge is 2.17. The fourth-order valence-corrected chi connectivity index (χ4v) is 1.53. The average Bonchev–Trinajstić information content (AvgIpc) is 2.10. The Morgan fingerprint density at radius 1 is 1.27 bits per heavy atom. The molecule has 1 aromatic rings. The molecule has 0 heterocycles. The Morgan fingerprint density at radius 3 is 2.33 bits per heavy atom. The normalized spacial score (nSPS) is 11.9. The number of aryl methyl sites for hydroxylation is 1. The van der Waals surface area contributed by atoms with Crippen LogP contribution in [0.2, 0.25) is 0 Å². The fraction of sp³-hybridized carbons (Fsp3) is 0.500. The van der Waals surface area contributed by atoms with Crippen molar-refractivity contribution in [2.75, 3.05) is 0 Å². The van der Waals surface area contributed by atoms with Crippen LogP contribution in [-0.4, -0.2) is 5.54 Å². The van der Waals surface area contributed by atoms with Crippen molar-refractivity contribution in [3.05, 3.63) is 34.9 Å². The van der Waals surface area contributed by atoms with Gasteiger partial charge in [-0.1, -0.05) is 13.0 Å². The number of halogens is 2. The average molecular weight is 213 g/mol. The maximum absolute atomic E-state index is 13.4. The summed E-state index contributed by atoms with van der Waals surface area (Å²) < 4.78 is 26.6. The molecule has 2 N–H and O–H groups in total. The zero-order valence-corrected chi connectivity index (χ0v) is 9.40. The maximum Gasteiger partial charge on any atom is 0.162 e. The van der Waals surface area contributed by atoms with Crippen LogP contribution in [0.3, 0.4) is 0 Å². The van der Waals surface area contributed by atoms with Crippen molar-refractivity contribution in [3.63, 3.8) is 0 Å². The van der Waals surface area contributed by atoms with E-state index in [2.05, 4.69) is 0 Å². The Labute approximate surface area is 89.3 Å². The monoisotopic (exact) mass is 213 g/mol. The van der Waals surface area contributed by atoms with Crippen LogP contribution < -0.4 is 5.73 Å².